The van der Waals surface area contributed by atoms with Crippen molar-refractivity contribution in [2.45, 2.75) is 38.6 Å². The zero-order valence-corrected chi connectivity index (χ0v) is 21.8. The highest BCUT2D eigenvalue weighted by Crippen LogP contribution is 2.54. The average molecular weight is 512 g/mol. The molecule has 0 radical (unpaired) electrons. The van der Waals surface area contributed by atoms with Gasteiger partial charge in [-0.25, -0.2) is 18.7 Å². The molecule has 1 aromatic rings. The third-order valence-electron chi connectivity index (χ3n) is 5.09. The van der Waals surface area contributed by atoms with Crippen molar-refractivity contribution >= 4 is 25.4 Å². The number of ether oxygens (including phenoxy) is 4. The molecule has 2 rings (SSSR count). The smallest absolute Gasteiger partial charge is 0.395 e. The SMILES string of the molecule is COC(COC(=O)CCC(C)=O)C1OC(=O)C(OP(=O)(N(C)C)N(C)C)=C1OCc1ccccc1. The van der Waals surface area contributed by atoms with Crippen molar-refractivity contribution in [3.63, 3.8) is 0 Å². The molecule has 1 heterocycles. The maximum atomic E-state index is 13.4. The Bertz CT molecular complexity index is 966. The van der Waals surface area contributed by atoms with E-state index in [0.29, 0.717) is 0 Å². The molecule has 0 fully saturated rings. The van der Waals surface area contributed by atoms with Crippen molar-refractivity contribution in [2.24, 2.45) is 0 Å². The molecule has 0 aliphatic carbocycles. The van der Waals surface area contributed by atoms with Crippen molar-refractivity contribution in [3.05, 3.63) is 47.4 Å². The molecular weight excluding hydrogens is 479 g/mol. The summed E-state index contributed by atoms with van der Waals surface area (Å²) in [6, 6.07) is 9.20. The fourth-order valence-corrected chi connectivity index (χ4v) is 4.55. The summed E-state index contributed by atoms with van der Waals surface area (Å²) >= 11 is 0. The molecule has 0 N–H and O–H groups in total. The molecule has 12 heteroatoms. The maximum Gasteiger partial charge on any atom is 0.395 e. The highest BCUT2D eigenvalue weighted by atomic mass is 31.2. The Hall–Kier alpha value is -2.72. The first-order valence-electron chi connectivity index (χ1n) is 10.9. The summed E-state index contributed by atoms with van der Waals surface area (Å²) in [6.45, 7) is 1.18. The minimum atomic E-state index is -3.63. The van der Waals surface area contributed by atoms with Crippen molar-refractivity contribution in [1.82, 2.24) is 9.34 Å². The zero-order valence-electron chi connectivity index (χ0n) is 20.9. The number of hydrogen-bond donors (Lipinski definition) is 0. The topological polar surface area (TPSA) is 121 Å². The van der Waals surface area contributed by atoms with Gasteiger partial charge in [-0.15, -0.1) is 0 Å². The zero-order chi connectivity index (χ0) is 26.2. The van der Waals surface area contributed by atoms with Crippen molar-refractivity contribution in [2.75, 3.05) is 41.9 Å². The molecule has 1 aromatic carbocycles. The predicted molar refractivity (Wildman–Crippen MR) is 126 cm³/mol. The molecule has 35 heavy (non-hydrogen) atoms. The Kier molecular flexibility index (Phi) is 10.5. The highest BCUT2D eigenvalue weighted by molar-refractivity contribution is 7.54. The summed E-state index contributed by atoms with van der Waals surface area (Å²) in [5.74, 6) is -1.98. The minimum absolute atomic E-state index is 0.0191. The van der Waals surface area contributed by atoms with E-state index >= 15 is 0 Å². The van der Waals surface area contributed by atoms with E-state index in [1.54, 1.807) is 28.2 Å². The van der Waals surface area contributed by atoms with E-state index in [1.807, 2.05) is 30.3 Å². The van der Waals surface area contributed by atoms with Crippen LogP contribution in [0, 0.1) is 0 Å². The van der Waals surface area contributed by atoms with E-state index in [4.69, 9.17) is 23.5 Å². The number of benzene rings is 1. The van der Waals surface area contributed by atoms with Gasteiger partial charge in [0.2, 0.25) is 0 Å². The average Bonchev–Trinajstić information content (AvgIpc) is 3.11. The molecule has 1 aliphatic rings. The first-order chi connectivity index (χ1) is 16.5. The second-order valence-electron chi connectivity index (χ2n) is 8.23. The third-order valence-corrected chi connectivity index (χ3v) is 7.53. The quantitative estimate of drug-likeness (QED) is 0.270. The second kappa shape index (κ2) is 12.8. The van der Waals surface area contributed by atoms with Gasteiger partial charge in [-0.05, 0) is 40.7 Å². The Labute approximate surface area is 205 Å². The van der Waals surface area contributed by atoms with Crippen LogP contribution in [0.4, 0.5) is 0 Å². The molecule has 0 bridgehead atoms. The largest absolute Gasteiger partial charge is 0.485 e. The summed E-state index contributed by atoms with van der Waals surface area (Å²) in [4.78, 5) is 35.9. The second-order valence-corrected chi connectivity index (χ2v) is 11.0. The third kappa shape index (κ3) is 7.63. The summed E-state index contributed by atoms with van der Waals surface area (Å²) in [7, 11) is 3.96. The lowest BCUT2D eigenvalue weighted by Gasteiger charge is -2.29. The first-order valence-corrected chi connectivity index (χ1v) is 12.5. The van der Waals surface area contributed by atoms with Gasteiger partial charge in [-0.3, -0.25) is 4.79 Å². The van der Waals surface area contributed by atoms with E-state index in [2.05, 4.69) is 0 Å². The summed E-state index contributed by atoms with van der Waals surface area (Å²) in [6.07, 6.45) is -2.08. The molecule has 0 aromatic heterocycles. The molecular formula is C23H33N2O9P. The molecule has 2 atom stereocenters. The van der Waals surface area contributed by atoms with Crippen molar-refractivity contribution in [1.29, 1.82) is 0 Å². The number of hydrogen-bond acceptors (Lipinski definition) is 9. The fraction of sp³-hybridized carbons (Fsp3) is 0.522. The Balaban J connectivity index is 2.33. The summed E-state index contributed by atoms with van der Waals surface area (Å²) in [5.41, 5.74) is 0.811. The number of nitrogens with zero attached hydrogens (tertiary/aromatic N) is 2. The van der Waals surface area contributed by atoms with Crippen LogP contribution in [0.5, 0.6) is 0 Å². The molecule has 0 amide bonds. The minimum Gasteiger partial charge on any atom is -0.485 e. The van der Waals surface area contributed by atoms with E-state index in [-0.39, 0.29) is 43.4 Å². The molecule has 194 valence electrons. The van der Waals surface area contributed by atoms with Crippen LogP contribution in [0.2, 0.25) is 0 Å². The number of carbonyl (C=O) groups is 3. The number of methoxy groups -OCH3 is 1. The number of cyclic esters (lactones) is 1. The van der Waals surface area contributed by atoms with E-state index < -0.39 is 31.8 Å². The van der Waals surface area contributed by atoms with Gasteiger partial charge in [-0.1, -0.05) is 30.3 Å². The molecule has 0 spiro atoms. The Morgan fingerprint density at radius 2 is 1.71 bits per heavy atom. The summed E-state index contributed by atoms with van der Waals surface area (Å²) in [5, 5.41) is 0. The lowest BCUT2D eigenvalue weighted by Crippen LogP contribution is -2.36. The van der Waals surface area contributed by atoms with Crippen LogP contribution in [-0.4, -0.2) is 81.2 Å². The van der Waals surface area contributed by atoms with Crippen LogP contribution in [0.25, 0.3) is 0 Å². The lowest BCUT2D eigenvalue weighted by molar-refractivity contribution is -0.157. The van der Waals surface area contributed by atoms with Gasteiger partial charge in [0.15, 0.2) is 11.9 Å². The standard InChI is InChI=1S/C23H33N2O9P/c1-16(26)12-13-19(27)31-15-18(30-6)20-21(32-14-17-10-8-7-9-11-17)22(23(28)33-20)34-35(29,24(2)3)25(4)5/h7-11,18,20H,12-15H2,1-6H3. The van der Waals surface area contributed by atoms with Gasteiger partial charge >= 0.3 is 19.6 Å². The number of Topliss-reactive ketones (excluding diaryl/α,β-unsaturated/α-hetero) is 1. The van der Waals surface area contributed by atoms with Crippen LogP contribution in [0.15, 0.2) is 41.9 Å². The van der Waals surface area contributed by atoms with Crippen LogP contribution in [-0.2, 0) is 49.0 Å². The number of esters is 2. The molecule has 1 aliphatic heterocycles. The van der Waals surface area contributed by atoms with E-state index in [1.165, 1.54) is 23.4 Å². The van der Waals surface area contributed by atoms with Crippen LogP contribution in [0.1, 0.15) is 25.3 Å². The molecule has 0 saturated carbocycles. The first kappa shape index (κ1) is 28.5. The van der Waals surface area contributed by atoms with E-state index in [0.717, 1.165) is 5.56 Å². The monoisotopic (exact) mass is 512 g/mol. The molecule has 11 nitrogen and oxygen atoms in total. The van der Waals surface area contributed by atoms with Gasteiger partial charge in [0.25, 0.3) is 5.76 Å². The number of rotatable bonds is 14. The lowest BCUT2D eigenvalue weighted by atomic mass is 10.1. The van der Waals surface area contributed by atoms with Crippen LogP contribution < -0.4 is 0 Å². The Morgan fingerprint density at radius 1 is 1.09 bits per heavy atom. The van der Waals surface area contributed by atoms with Gasteiger partial charge in [0.1, 0.15) is 25.1 Å². The number of ketones is 1. The summed E-state index contributed by atoms with van der Waals surface area (Å²) < 4.78 is 44.0. The highest BCUT2D eigenvalue weighted by Gasteiger charge is 2.47. The number of carbonyl (C=O) groups excluding carboxylic acids is 3. The van der Waals surface area contributed by atoms with Gasteiger partial charge in [-0.2, -0.15) is 0 Å². The van der Waals surface area contributed by atoms with E-state index in [9.17, 15) is 18.9 Å². The van der Waals surface area contributed by atoms with Crippen LogP contribution >= 0.6 is 7.67 Å². The van der Waals surface area contributed by atoms with Crippen molar-refractivity contribution < 1.29 is 42.4 Å². The van der Waals surface area contributed by atoms with Gasteiger partial charge in [0, 0.05) is 13.5 Å². The van der Waals surface area contributed by atoms with Crippen molar-refractivity contribution in [3.8, 4) is 0 Å². The van der Waals surface area contributed by atoms with Crippen LogP contribution in [0.3, 0.4) is 0 Å². The fourth-order valence-electron chi connectivity index (χ4n) is 3.11. The predicted octanol–water partition coefficient (Wildman–Crippen LogP) is 2.52. The van der Waals surface area contributed by atoms with Gasteiger partial charge < -0.3 is 28.3 Å². The normalized spacial score (nSPS) is 16.9. The maximum absolute atomic E-state index is 13.4. The Morgan fingerprint density at radius 3 is 2.26 bits per heavy atom. The van der Waals surface area contributed by atoms with Gasteiger partial charge in [0.05, 0.1) is 6.42 Å². The molecule has 2 unspecified atom stereocenters. The molecule has 0 saturated heterocycles.